The lowest BCUT2D eigenvalue weighted by molar-refractivity contribution is 0.565. The van der Waals surface area contributed by atoms with E-state index in [0.29, 0.717) is 0 Å². The highest BCUT2D eigenvalue weighted by molar-refractivity contribution is 5.51. The average Bonchev–Trinajstić information content (AvgIpc) is 2.97. The average molecular weight is 618 g/mol. The van der Waals surface area contributed by atoms with E-state index < -0.39 is 0 Å². The molecule has 0 bridgehead atoms. The van der Waals surface area contributed by atoms with Gasteiger partial charge >= 0.3 is 0 Å². The molecule has 1 heteroatoms. The van der Waals surface area contributed by atoms with E-state index in [1.54, 1.807) is 0 Å². The van der Waals surface area contributed by atoms with Crippen LogP contribution in [0.4, 0.5) is 5.69 Å². The summed E-state index contributed by atoms with van der Waals surface area (Å²) in [5, 5.41) is 0. The normalized spacial score (nSPS) is 12.4. The predicted molar refractivity (Wildman–Crippen MR) is 205 cm³/mol. The van der Waals surface area contributed by atoms with E-state index in [1.165, 1.54) is 50.2 Å². The highest BCUT2D eigenvalue weighted by Crippen LogP contribution is 2.34. The number of hydrogen-bond acceptors (Lipinski definition) is 1. The SMILES string of the molecule is CC.CC(C)(C)c1cc(CN(Cc2cc(C(C)(C)C)cc(C(C)(C)C)c2)c2ccc(Cc3ccccc3)cc2)cc(C(C)(C)C)c1. The van der Waals surface area contributed by atoms with Gasteiger partial charge in [-0.3, -0.25) is 0 Å². The van der Waals surface area contributed by atoms with Crippen LogP contribution in [0.1, 0.15) is 141 Å². The van der Waals surface area contributed by atoms with Gasteiger partial charge in [0, 0.05) is 18.8 Å². The summed E-state index contributed by atoms with van der Waals surface area (Å²) < 4.78 is 0. The molecule has 4 rings (SSSR count). The number of hydrogen-bond donors (Lipinski definition) is 0. The molecule has 0 aliphatic carbocycles. The predicted octanol–water partition coefficient (Wildman–Crippen LogP) is 12.7. The zero-order chi connectivity index (χ0) is 34.5. The van der Waals surface area contributed by atoms with Crippen LogP contribution >= 0.6 is 0 Å². The molecule has 4 aromatic carbocycles. The monoisotopic (exact) mass is 617 g/mol. The third kappa shape index (κ3) is 10.3. The van der Waals surface area contributed by atoms with Crippen LogP contribution in [0.15, 0.2) is 91.0 Å². The van der Waals surface area contributed by atoms with Gasteiger partial charge in [0.15, 0.2) is 0 Å². The van der Waals surface area contributed by atoms with Gasteiger partial charge in [-0.2, -0.15) is 0 Å². The zero-order valence-corrected chi connectivity index (χ0v) is 31.7. The van der Waals surface area contributed by atoms with Crippen LogP contribution in [0.5, 0.6) is 0 Å². The fraction of sp³-hybridized carbons (Fsp3) is 0.467. The van der Waals surface area contributed by atoms with Gasteiger partial charge in [-0.05, 0) is 84.7 Å². The molecule has 0 amide bonds. The lowest BCUT2D eigenvalue weighted by atomic mass is 9.79. The molecule has 0 radical (unpaired) electrons. The molecule has 1 nitrogen and oxygen atoms in total. The van der Waals surface area contributed by atoms with Crippen molar-refractivity contribution in [3.63, 3.8) is 0 Å². The van der Waals surface area contributed by atoms with Crippen molar-refractivity contribution in [3.05, 3.63) is 136 Å². The molecule has 248 valence electrons. The largest absolute Gasteiger partial charge is 0.363 e. The summed E-state index contributed by atoms with van der Waals surface area (Å²) in [5.74, 6) is 0. The smallest absolute Gasteiger partial charge is 0.0433 e. The standard InChI is InChI=1S/C43H57N.C2H6/c1-40(2,3)35-23-33(24-36(27-35)41(4,5)6)29-44(39-20-18-32(19-21-39)22-31-16-14-13-15-17-31)30-34-25-37(42(7,8)9)28-38(26-34)43(10,11)12;1-2/h13-21,23-28H,22,29-30H2,1-12H3;1-2H3. The van der Waals surface area contributed by atoms with Gasteiger partial charge in [0.2, 0.25) is 0 Å². The van der Waals surface area contributed by atoms with Crippen LogP contribution in [-0.2, 0) is 41.2 Å². The molecule has 0 unspecified atom stereocenters. The van der Waals surface area contributed by atoms with Crippen LogP contribution in [0.3, 0.4) is 0 Å². The molecule has 0 aliphatic heterocycles. The number of nitrogens with zero attached hydrogens (tertiary/aromatic N) is 1. The van der Waals surface area contributed by atoms with E-state index >= 15 is 0 Å². The number of rotatable bonds is 7. The van der Waals surface area contributed by atoms with Crippen molar-refractivity contribution in [3.8, 4) is 0 Å². The van der Waals surface area contributed by atoms with Gasteiger partial charge in [-0.25, -0.2) is 0 Å². The Labute approximate surface area is 283 Å². The Morgan fingerprint density at radius 3 is 1.04 bits per heavy atom. The van der Waals surface area contributed by atoms with E-state index in [9.17, 15) is 0 Å². The van der Waals surface area contributed by atoms with Crippen molar-refractivity contribution in [1.82, 2.24) is 0 Å². The fourth-order valence-corrected chi connectivity index (χ4v) is 5.63. The van der Waals surface area contributed by atoms with Gasteiger partial charge in [0.25, 0.3) is 0 Å². The zero-order valence-electron chi connectivity index (χ0n) is 31.7. The first kappa shape index (κ1) is 37.1. The number of benzene rings is 4. The van der Waals surface area contributed by atoms with Crippen LogP contribution in [0, 0.1) is 0 Å². The van der Waals surface area contributed by atoms with Crippen molar-refractivity contribution in [2.75, 3.05) is 4.90 Å². The van der Waals surface area contributed by atoms with Gasteiger partial charge in [-0.1, -0.05) is 176 Å². The minimum Gasteiger partial charge on any atom is -0.363 e. The maximum atomic E-state index is 2.58. The molecule has 0 aliphatic rings. The molecule has 4 aromatic rings. The lowest BCUT2D eigenvalue weighted by Gasteiger charge is -2.31. The summed E-state index contributed by atoms with van der Waals surface area (Å²) in [6.45, 7) is 33.6. The Morgan fingerprint density at radius 2 is 0.717 bits per heavy atom. The summed E-state index contributed by atoms with van der Waals surface area (Å²) in [7, 11) is 0. The Morgan fingerprint density at radius 1 is 0.391 bits per heavy atom. The van der Waals surface area contributed by atoms with E-state index in [0.717, 1.165) is 19.5 Å². The minimum atomic E-state index is 0.0859. The van der Waals surface area contributed by atoms with Crippen molar-refractivity contribution in [2.24, 2.45) is 0 Å². The minimum absolute atomic E-state index is 0.0859. The molecular formula is C45H63N. The topological polar surface area (TPSA) is 3.24 Å². The third-order valence-electron chi connectivity index (χ3n) is 8.75. The molecule has 0 saturated carbocycles. The van der Waals surface area contributed by atoms with E-state index in [1.807, 2.05) is 13.8 Å². The Balaban J connectivity index is 0.00000282. The first-order valence-corrected chi connectivity index (χ1v) is 17.5. The molecule has 0 aromatic heterocycles. The summed E-state index contributed by atoms with van der Waals surface area (Å²) >= 11 is 0. The molecule has 0 heterocycles. The maximum Gasteiger partial charge on any atom is 0.0433 e. The maximum absolute atomic E-state index is 2.58. The molecule has 0 saturated heterocycles. The fourth-order valence-electron chi connectivity index (χ4n) is 5.63. The Bertz CT molecular complexity index is 1390. The summed E-state index contributed by atoms with van der Waals surface area (Å²) in [5.41, 5.74) is 12.7. The highest BCUT2D eigenvalue weighted by atomic mass is 15.1. The first-order valence-electron chi connectivity index (χ1n) is 17.5. The van der Waals surface area contributed by atoms with E-state index in [2.05, 4.69) is 179 Å². The third-order valence-corrected chi connectivity index (χ3v) is 8.75. The molecular weight excluding hydrogens is 555 g/mol. The van der Waals surface area contributed by atoms with E-state index in [-0.39, 0.29) is 21.7 Å². The summed E-state index contributed by atoms with van der Waals surface area (Å²) in [6.07, 6.45) is 0.951. The van der Waals surface area contributed by atoms with Crippen LogP contribution in [0.25, 0.3) is 0 Å². The van der Waals surface area contributed by atoms with Crippen LogP contribution in [0.2, 0.25) is 0 Å². The van der Waals surface area contributed by atoms with Gasteiger partial charge in [0.05, 0.1) is 0 Å². The first-order chi connectivity index (χ1) is 21.3. The molecule has 46 heavy (non-hydrogen) atoms. The second-order valence-electron chi connectivity index (χ2n) is 17.0. The van der Waals surface area contributed by atoms with Crippen LogP contribution in [-0.4, -0.2) is 0 Å². The lowest BCUT2D eigenvalue weighted by Crippen LogP contribution is -2.25. The van der Waals surface area contributed by atoms with Crippen LogP contribution < -0.4 is 4.90 Å². The molecule has 0 spiro atoms. The summed E-state index contributed by atoms with van der Waals surface area (Å²) in [6, 6.07) is 34.7. The Kier molecular flexibility index (Phi) is 11.8. The van der Waals surface area contributed by atoms with Gasteiger partial charge < -0.3 is 4.90 Å². The molecule has 0 fully saturated rings. The van der Waals surface area contributed by atoms with E-state index in [4.69, 9.17) is 0 Å². The number of anilines is 1. The van der Waals surface area contributed by atoms with Crippen molar-refractivity contribution in [2.45, 2.75) is 138 Å². The summed E-state index contributed by atoms with van der Waals surface area (Å²) in [4.78, 5) is 2.58. The van der Waals surface area contributed by atoms with Gasteiger partial charge in [-0.15, -0.1) is 0 Å². The van der Waals surface area contributed by atoms with Crippen molar-refractivity contribution < 1.29 is 0 Å². The van der Waals surface area contributed by atoms with Gasteiger partial charge in [0.1, 0.15) is 0 Å². The van der Waals surface area contributed by atoms with Crippen molar-refractivity contribution in [1.29, 1.82) is 0 Å². The second kappa shape index (κ2) is 14.6. The van der Waals surface area contributed by atoms with Crippen molar-refractivity contribution >= 4 is 5.69 Å². The Hall–Kier alpha value is -3.32. The molecule has 0 N–H and O–H groups in total. The highest BCUT2D eigenvalue weighted by Gasteiger charge is 2.23. The second-order valence-corrected chi connectivity index (χ2v) is 17.0. The quantitative estimate of drug-likeness (QED) is 0.199. The molecule has 0 atom stereocenters.